The first-order chi connectivity index (χ1) is 11.6. The second-order valence-corrected chi connectivity index (χ2v) is 7.35. The molecule has 2 heterocycles. The van der Waals surface area contributed by atoms with Gasteiger partial charge >= 0.3 is 5.97 Å². The van der Waals surface area contributed by atoms with Gasteiger partial charge in [-0.1, -0.05) is 30.0 Å². The molecule has 0 radical (unpaired) electrons. The highest BCUT2D eigenvalue weighted by Gasteiger charge is 2.14. The average molecular weight is 362 g/mol. The normalized spacial score (nSPS) is 11.0. The highest BCUT2D eigenvalue weighted by atomic mass is 32.2. The number of hydrogen-bond acceptors (Lipinski definition) is 6. The quantitative estimate of drug-likeness (QED) is 0.385. The van der Waals surface area contributed by atoms with Gasteiger partial charge in [0.25, 0.3) is 0 Å². The molecule has 7 heteroatoms. The number of ether oxygens (including phenoxy) is 1. The van der Waals surface area contributed by atoms with E-state index >= 15 is 0 Å². The first-order valence-electron chi connectivity index (χ1n) is 7.29. The molecule has 0 bridgehead atoms. The Morgan fingerprint density at radius 2 is 2.08 bits per heavy atom. The van der Waals surface area contributed by atoms with Gasteiger partial charge in [-0.25, -0.2) is 14.4 Å². The molecule has 24 heavy (non-hydrogen) atoms. The molecular weight excluding hydrogens is 347 g/mol. The minimum absolute atomic E-state index is 0.0676. The Balaban J connectivity index is 1.64. The lowest BCUT2D eigenvalue weighted by atomic mass is 10.2. The number of carbonyl (C=O) groups excluding carboxylic acids is 1. The smallest absolute Gasteiger partial charge is 0.316 e. The highest BCUT2D eigenvalue weighted by molar-refractivity contribution is 8.00. The number of carbonyl (C=O) groups is 1. The Morgan fingerprint density at radius 1 is 1.29 bits per heavy atom. The van der Waals surface area contributed by atoms with Gasteiger partial charge in [-0.15, -0.1) is 11.3 Å². The second kappa shape index (κ2) is 7.27. The number of rotatable bonds is 5. The van der Waals surface area contributed by atoms with Crippen LogP contribution in [0.1, 0.15) is 16.0 Å². The Kier molecular flexibility index (Phi) is 5.11. The molecular formula is C17H15FN2O2S2. The first-order valence-corrected chi connectivity index (χ1v) is 9.09. The Morgan fingerprint density at radius 3 is 2.88 bits per heavy atom. The summed E-state index contributed by atoms with van der Waals surface area (Å²) < 4.78 is 18.6. The molecule has 0 unspecified atom stereocenters. The number of hydrogen-bond donors (Lipinski definition) is 0. The fourth-order valence-electron chi connectivity index (χ4n) is 2.20. The number of aryl methyl sites for hydroxylation is 2. The van der Waals surface area contributed by atoms with Crippen molar-refractivity contribution >= 4 is 39.3 Å². The van der Waals surface area contributed by atoms with Crippen LogP contribution in [0.25, 0.3) is 10.2 Å². The largest absolute Gasteiger partial charge is 0.460 e. The van der Waals surface area contributed by atoms with Gasteiger partial charge in [0.2, 0.25) is 0 Å². The van der Waals surface area contributed by atoms with Crippen LogP contribution in [0.5, 0.6) is 0 Å². The molecule has 0 saturated carbocycles. The molecule has 0 N–H and O–H groups in total. The maximum absolute atomic E-state index is 13.5. The molecule has 2 aromatic heterocycles. The topological polar surface area (TPSA) is 52.1 Å². The van der Waals surface area contributed by atoms with Crippen LogP contribution in [-0.4, -0.2) is 21.7 Å². The number of esters is 1. The fraction of sp³-hybridized carbons (Fsp3) is 0.235. The van der Waals surface area contributed by atoms with Crippen molar-refractivity contribution in [3.05, 3.63) is 52.4 Å². The molecule has 0 aliphatic heterocycles. The van der Waals surface area contributed by atoms with E-state index in [0.717, 1.165) is 20.8 Å². The van der Waals surface area contributed by atoms with E-state index in [4.69, 9.17) is 4.74 Å². The molecule has 0 aliphatic carbocycles. The van der Waals surface area contributed by atoms with Crippen LogP contribution in [-0.2, 0) is 16.1 Å². The molecule has 0 amide bonds. The van der Waals surface area contributed by atoms with Gasteiger partial charge in [0.15, 0.2) is 0 Å². The van der Waals surface area contributed by atoms with Crippen molar-refractivity contribution in [1.29, 1.82) is 0 Å². The van der Waals surface area contributed by atoms with E-state index in [9.17, 15) is 9.18 Å². The Hall–Kier alpha value is -1.99. The molecule has 124 valence electrons. The number of fused-ring (bicyclic) bond motifs is 1. The zero-order valence-electron chi connectivity index (χ0n) is 13.2. The number of aromatic nitrogens is 2. The summed E-state index contributed by atoms with van der Waals surface area (Å²) >= 11 is 2.93. The number of benzene rings is 1. The molecule has 0 saturated heterocycles. The van der Waals surface area contributed by atoms with Crippen LogP contribution in [0.15, 0.2) is 35.6 Å². The molecule has 3 aromatic rings. The summed E-state index contributed by atoms with van der Waals surface area (Å²) in [6.07, 6.45) is 1.50. The van der Waals surface area contributed by atoms with Crippen LogP contribution in [0.3, 0.4) is 0 Å². The van der Waals surface area contributed by atoms with E-state index in [0.29, 0.717) is 5.56 Å². The van der Waals surface area contributed by atoms with Crippen molar-refractivity contribution in [2.75, 3.05) is 5.75 Å². The summed E-state index contributed by atoms with van der Waals surface area (Å²) in [6.45, 7) is 4.00. The lowest BCUT2D eigenvalue weighted by molar-refractivity contribution is -0.141. The summed E-state index contributed by atoms with van der Waals surface area (Å²) in [7, 11) is 0. The Labute approximate surface area is 147 Å². The van der Waals surface area contributed by atoms with Crippen molar-refractivity contribution in [2.24, 2.45) is 0 Å². The van der Waals surface area contributed by atoms with Crippen molar-refractivity contribution in [3.8, 4) is 0 Å². The van der Waals surface area contributed by atoms with Crippen molar-refractivity contribution in [1.82, 2.24) is 9.97 Å². The molecule has 0 fully saturated rings. The molecule has 0 aliphatic rings. The minimum Gasteiger partial charge on any atom is -0.460 e. The van der Waals surface area contributed by atoms with E-state index in [1.54, 1.807) is 29.5 Å². The lowest BCUT2D eigenvalue weighted by Gasteiger charge is -2.06. The van der Waals surface area contributed by atoms with Crippen LogP contribution >= 0.6 is 23.1 Å². The van der Waals surface area contributed by atoms with Gasteiger partial charge in [0, 0.05) is 15.8 Å². The molecule has 4 nitrogen and oxygen atoms in total. The molecule has 0 spiro atoms. The van der Waals surface area contributed by atoms with Gasteiger partial charge in [0.05, 0.1) is 5.75 Å². The van der Waals surface area contributed by atoms with Crippen molar-refractivity contribution in [2.45, 2.75) is 25.5 Å². The minimum atomic E-state index is -0.403. The predicted molar refractivity (Wildman–Crippen MR) is 93.8 cm³/mol. The molecule has 0 atom stereocenters. The second-order valence-electron chi connectivity index (χ2n) is 5.18. The predicted octanol–water partition coefficient (Wildman–Crippen LogP) is 4.28. The number of thioether (sulfide) groups is 1. The summed E-state index contributed by atoms with van der Waals surface area (Å²) in [4.78, 5) is 22.6. The molecule has 1 aromatic carbocycles. The zero-order chi connectivity index (χ0) is 17.1. The summed E-state index contributed by atoms with van der Waals surface area (Å²) in [5.41, 5.74) is 1.50. The summed E-state index contributed by atoms with van der Waals surface area (Å²) in [5.74, 6) is -0.658. The van der Waals surface area contributed by atoms with E-state index in [1.165, 1.54) is 29.0 Å². The van der Waals surface area contributed by atoms with Gasteiger partial charge in [-0.2, -0.15) is 0 Å². The van der Waals surface area contributed by atoms with E-state index < -0.39 is 5.97 Å². The standard InChI is InChI=1S/C17H15FN2O2S2/c1-10-11(2)24-17-15(10)16(19-9-20-17)23-8-14(21)22-7-12-5-3-4-6-13(12)18/h3-6,9H,7-8H2,1-2H3. The van der Waals surface area contributed by atoms with E-state index in [-0.39, 0.29) is 18.2 Å². The summed E-state index contributed by atoms with van der Waals surface area (Å²) in [6, 6.07) is 6.25. The van der Waals surface area contributed by atoms with Crippen molar-refractivity contribution < 1.29 is 13.9 Å². The van der Waals surface area contributed by atoms with Crippen LogP contribution < -0.4 is 0 Å². The number of thiophene rings is 1. The van der Waals surface area contributed by atoms with Crippen LogP contribution in [0, 0.1) is 19.7 Å². The third kappa shape index (κ3) is 3.57. The third-order valence-electron chi connectivity index (χ3n) is 3.60. The maximum atomic E-state index is 13.5. The fourth-order valence-corrected chi connectivity index (χ4v) is 4.12. The lowest BCUT2D eigenvalue weighted by Crippen LogP contribution is -2.08. The molecule has 3 rings (SSSR count). The SMILES string of the molecule is Cc1sc2ncnc(SCC(=O)OCc3ccccc3F)c2c1C. The van der Waals surface area contributed by atoms with E-state index in [1.807, 2.05) is 13.8 Å². The first kappa shape index (κ1) is 16.9. The third-order valence-corrected chi connectivity index (χ3v) is 5.68. The number of nitrogens with zero attached hydrogens (tertiary/aromatic N) is 2. The maximum Gasteiger partial charge on any atom is 0.316 e. The monoisotopic (exact) mass is 362 g/mol. The van der Waals surface area contributed by atoms with Crippen molar-refractivity contribution in [3.63, 3.8) is 0 Å². The Bertz CT molecular complexity index is 895. The van der Waals surface area contributed by atoms with Crippen LogP contribution in [0.4, 0.5) is 4.39 Å². The zero-order valence-corrected chi connectivity index (χ0v) is 14.8. The van der Waals surface area contributed by atoms with Gasteiger partial charge < -0.3 is 4.74 Å². The van der Waals surface area contributed by atoms with Gasteiger partial charge in [-0.05, 0) is 25.5 Å². The highest BCUT2D eigenvalue weighted by Crippen LogP contribution is 2.34. The van der Waals surface area contributed by atoms with Gasteiger partial charge in [0.1, 0.15) is 28.6 Å². The summed E-state index contributed by atoms with van der Waals surface area (Å²) in [5, 5.41) is 1.76. The van der Waals surface area contributed by atoms with Crippen LogP contribution in [0.2, 0.25) is 0 Å². The average Bonchev–Trinajstić information content (AvgIpc) is 2.87. The van der Waals surface area contributed by atoms with E-state index in [2.05, 4.69) is 9.97 Å². The van der Waals surface area contributed by atoms with Gasteiger partial charge in [-0.3, -0.25) is 4.79 Å². The number of halogens is 1.